The van der Waals surface area contributed by atoms with E-state index in [0.717, 1.165) is 0 Å². The molecule has 0 aromatic heterocycles. The Bertz CT molecular complexity index is 12.9. The van der Waals surface area contributed by atoms with Crippen LogP contribution in [-0.2, 0) is 47.6 Å². The molecule has 0 fully saturated rings. The number of rotatable bonds is 0. The van der Waals surface area contributed by atoms with Gasteiger partial charge in [0, 0.05) is 0 Å². The minimum atomic E-state index is 0. The smallest absolute Gasteiger partial charge is 2.00 e. The first-order valence-corrected chi connectivity index (χ1v) is 0.400. The molecule has 0 saturated heterocycles. The Balaban J connectivity index is -0.00000000114. The normalized spacial score (nSPS) is 1.33. The van der Waals surface area contributed by atoms with Crippen LogP contribution in [0.15, 0.2) is 0 Å². The van der Waals surface area contributed by atoms with Crippen molar-refractivity contribution in [3.63, 3.8) is 0 Å². The summed E-state index contributed by atoms with van der Waals surface area (Å²) in [6.07, 6.45) is 0. The monoisotopic (exact) mass is 352 g/mol. The molecule has 0 aromatic carbocycles. The second-order valence-electron chi connectivity index (χ2n) is 0. The Morgan fingerprint density at radius 1 is 0.667 bits per heavy atom. The SMILES string of the molecule is OO.OO.[Cl-].[Cl-].[Mo+2].[MoH2+2].[O-2]. The van der Waals surface area contributed by atoms with Gasteiger partial charge < -0.3 is 30.3 Å². The summed E-state index contributed by atoms with van der Waals surface area (Å²) >= 11 is 0. The standard InChI is InChI=1S/2ClH.2Mo.2H2O2.O.2H/c;;;;2*1-2;;;/h2*1H;;;2*1-2H;;;/q;;2*+2;;;-2;;/p-2. The minimum Gasteiger partial charge on any atom is -2.00 e. The maximum Gasteiger partial charge on any atom is -2.00 e. The summed E-state index contributed by atoms with van der Waals surface area (Å²) < 4.78 is 0. The first-order chi connectivity index (χ1) is 2.00. The summed E-state index contributed by atoms with van der Waals surface area (Å²) in [6.45, 7) is 0. The molecular formula is H6Cl2Mo2O5. The largest absolute Gasteiger partial charge is 2.00 e. The molecule has 9 heteroatoms. The summed E-state index contributed by atoms with van der Waals surface area (Å²) in [4.78, 5) is 0. The fourth-order valence-electron chi connectivity index (χ4n) is 0. The van der Waals surface area contributed by atoms with Crippen LogP contribution in [0.5, 0.6) is 0 Å². The van der Waals surface area contributed by atoms with E-state index in [1.807, 2.05) is 0 Å². The van der Waals surface area contributed by atoms with E-state index in [9.17, 15) is 0 Å². The van der Waals surface area contributed by atoms with Crippen molar-refractivity contribution in [3.8, 4) is 0 Å². The van der Waals surface area contributed by atoms with Crippen molar-refractivity contribution in [2.75, 3.05) is 0 Å². The van der Waals surface area contributed by atoms with Gasteiger partial charge in [0.05, 0.1) is 0 Å². The zero-order valence-corrected chi connectivity index (χ0v) is 9.84. The maximum absolute atomic E-state index is 6.00. The molecule has 0 aromatic rings. The predicted molar refractivity (Wildman–Crippen MR) is 14.0 cm³/mol. The van der Waals surface area contributed by atoms with Crippen LogP contribution in [0.4, 0.5) is 0 Å². The van der Waals surface area contributed by atoms with Crippen molar-refractivity contribution in [1.29, 1.82) is 0 Å². The molecule has 0 aliphatic rings. The fraction of sp³-hybridized carbons (Fsp3) is 0. The Labute approximate surface area is 93.0 Å². The third kappa shape index (κ3) is 190. The number of hydrogen-bond acceptors (Lipinski definition) is 4. The second-order valence-corrected chi connectivity index (χ2v) is 0. The predicted octanol–water partition coefficient (Wildman–Crippen LogP) is -6.62. The fourth-order valence-corrected chi connectivity index (χ4v) is 0. The zero-order chi connectivity index (χ0) is 4.00. The van der Waals surface area contributed by atoms with Crippen LogP contribution in [-0.4, -0.2) is 21.0 Å². The van der Waals surface area contributed by atoms with Gasteiger partial charge in [-0.15, -0.1) is 0 Å². The molecule has 0 aliphatic heterocycles. The molecule has 9 heavy (non-hydrogen) atoms. The van der Waals surface area contributed by atoms with E-state index >= 15 is 0 Å². The van der Waals surface area contributed by atoms with Gasteiger partial charge in [-0.25, -0.2) is 0 Å². The average Bonchev–Trinajstić information content (AvgIpc) is 1.50. The van der Waals surface area contributed by atoms with Crippen LogP contribution in [0.2, 0.25) is 0 Å². The first kappa shape index (κ1) is 72.6. The van der Waals surface area contributed by atoms with Gasteiger partial charge in [0.15, 0.2) is 0 Å². The average molecular weight is 349 g/mol. The van der Waals surface area contributed by atoms with Crippen molar-refractivity contribution >= 4 is 0 Å². The summed E-state index contributed by atoms with van der Waals surface area (Å²) in [5, 5.41) is 24.0. The molecule has 0 aliphatic carbocycles. The maximum atomic E-state index is 6.00. The van der Waals surface area contributed by atoms with Crippen LogP contribution in [0.1, 0.15) is 0 Å². The minimum absolute atomic E-state index is 0. The Hall–Kier alpha value is 1.76. The van der Waals surface area contributed by atoms with E-state index in [1.54, 1.807) is 0 Å². The van der Waals surface area contributed by atoms with E-state index in [4.69, 9.17) is 21.0 Å². The third-order valence-electron chi connectivity index (χ3n) is 0. The van der Waals surface area contributed by atoms with Crippen LogP contribution in [0, 0.1) is 0 Å². The van der Waals surface area contributed by atoms with Gasteiger partial charge in [-0.1, -0.05) is 0 Å². The Morgan fingerprint density at radius 2 is 0.667 bits per heavy atom. The van der Waals surface area contributed by atoms with Gasteiger partial charge in [-0.05, 0) is 0 Å². The van der Waals surface area contributed by atoms with Crippen LogP contribution < -0.4 is 24.8 Å². The van der Waals surface area contributed by atoms with Crippen molar-refractivity contribution in [1.82, 2.24) is 0 Å². The summed E-state index contributed by atoms with van der Waals surface area (Å²) in [6, 6.07) is 0. The van der Waals surface area contributed by atoms with E-state index < -0.39 is 0 Å². The third-order valence-corrected chi connectivity index (χ3v) is 0. The summed E-state index contributed by atoms with van der Waals surface area (Å²) in [5.41, 5.74) is 0. The first-order valence-electron chi connectivity index (χ1n) is 0.400. The van der Waals surface area contributed by atoms with Crippen molar-refractivity contribution < 1.29 is 93.4 Å². The topological polar surface area (TPSA) is 109 Å². The van der Waals surface area contributed by atoms with Crippen LogP contribution in [0.3, 0.4) is 0 Å². The van der Waals surface area contributed by atoms with Crippen LogP contribution >= 0.6 is 0 Å². The molecular weight excluding hydrogens is 343 g/mol. The van der Waals surface area contributed by atoms with E-state index in [1.165, 1.54) is 0 Å². The molecule has 0 unspecified atom stereocenters. The summed E-state index contributed by atoms with van der Waals surface area (Å²) in [7, 11) is 0. The quantitative estimate of drug-likeness (QED) is 0.198. The molecule has 0 bridgehead atoms. The van der Waals surface area contributed by atoms with Gasteiger partial charge in [0.25, 0.3) is 0 Å². The van der Waals surface area contributed by atoms with Gasteiger partial charge in [-0.2, -0.15) is 0 Å². The van der Waals surface area contributed by atoms with Gasteiger partial charge in [0.1, 0.15) is 0 Å². The van der Waals surface area contributed by atoms with Crippen LogP contribution in [0.25, 0.3) is 0 Å². The van der Waals surface area contributed by atoms with Crippen molar-refractivity contribution in [2.45, 2.75) is 0 Å². The molecule has 0 spiro atoms. The molecule has 0 saturated carbocycles. The molecule has 62 valence electrons. The zero-order valence-electron chi connectivity index (χ0n) is 3.86. The molecule has 0 radical (unpaired) electrons. The van der Waals surface area contributed by atoms with Crippen molar-refractivity contribution in [2.24, 2.45) is 0 Å². The molecule has 4 N–H and O–H groups in total. The molecule has 0 heterocycles. The van der Waals surface area contributed by atoms with Crippen molar-refractivity contribution in [3.05, 3.63) is 0 Å². The van der Waals surface area contributed by atoms with E-state index in [0.29, 0.717) is 0 Å². The molecule has 0 atom stereocenters. The van der Waals surface area contributed by atoms with Gasteiger partial charge >= 0.3 is 42.1 Å². The Kier molecular flexibility index (Phi) is 1950. The van der Waals surface area contributed by atoms with Gasteiger partial charge in [0.2, 0.25) is 0 Å². The number of halogens is 2. The molecule has 0 rings (SSSR count). The van der Waals surface area contributed by atoms with Gasteiger partial charge in [-0.3, -0.25) is 21.0 Å². The molecule has 5 nitrogen and oxygen atoms in total. The molecule has 0 amide bonds. The number of hydrogen-bond donors (Lipinski definition) is 4. The second kappa shape index (κ2) is 242. The Morgan fingerprint density at radius 3 is 0.667 bits per heavy atom. The summed E-state index contributed by atoms with van der Waals surface area (Å²) in [5.74, 6) is 0. The van der Waals surface area contributed by atoms with E-state index in [2.05, 4.69) is 0 Å². The van der Waals surface area contributed by atoms with E-state index in [-0.39, 0.29) is 72.4 Å².